The fraction of sp³-hybridized carbons (Fsp3) is 0.333. The maximum Gasteiger partial charge on any atom is 0.341 e. The topological polar surface area (TPSA) is 81.8 Å². The average molecular weight is 291 g/mol. The van der Waals surface area contributed by atoms with Crippen molar-refractivity contribution in [2.45, 2.75) is 19.8 Å². The van der Waals surface area contributed by atoms with Crippen molar-refractivity contribution in [3.63, 3.8) is 0 Å². The Morgan fingerprint density at radius 2 is 2.00 bits per heavy atom. The molecule has 21 heavy (non-hydrogen) atoms. The smallest absolute Gasteiger partial charge is 0.341 e. The predicted octanol–water partition coefficient (Wildman–Crippen LogP) is 3.18. The maximum absolute atomic E-state index is 11.6. The van der Waals surface area contributed by atoms with Crippen LogP contribution in [0.15, 0.2) is 22.7 Å². The molecular weight excluding hydrogens is 274 g/mol. The zero-order chi connectivity index (χ0) is 15.6. The molecule has 0 atom stereocenters. The third-order valence-electron chi connectivity index (χ3n) is 3.12. The van der Waals surface area contributed by atoms with E-state index in [1.807, 2.05) is 13.8 Å². The molecule has 1 heterocycles. The first-order valence-electron chi connectivity index (χ1n) is 6.44. The van der Waals surface area contributed by atoms with Crippen LogP contribution in [0.4, 0.5) is 0 Å². The van der Waals surface area contributed by atoms with E-state index in [0.29, 0.717) is 22.8 Å². The van der Waals surface area contributed by atoms with Crippen LogP contribution in [0.2, 0.25) is 0 Å². The summed E-state index contributed by atoms with van der Waals surface area (Å²) in [7, 11) is 3.04. The maximum atomic E-state index is 11.6. The molecule has 0 fully saturated rings. The van der Waals surface area contributed by atoms with Crippen molar-refractivity contribution < 1.29 is 23.9 Å². The number of methoxy groups -OCH3 is 2. The first-order chi connectivity index (χ1) is 9.99. The highest BCUT2D eigenvalue weighted by Gasteiger charge is 2.27. The molecular formula is C15H17NO5. The molecule has 0 saturated carbocycles. The number of aromatic nitrogens is 1. The largest absolute Gasteiger partial charge is 0.497 e. The van der Waals surface area contributed by atoms with Crippen LogP contribution in [-0.2, 0) is 0 Å². The molecule has 1 aromatic carbocycles. The van der Waals surface area contributed by atoms with Gasteiger partial charge >= 0.3 is 5.97 Å². The van der Waals surface area contributed by atoms with E-state index in [9.17, 15) is 9.90 Å². The molecule has 0 radical (unpaired) electrons. The molecule has 0 aliphatic carbocycles. The van der Waals surface area contributed by atoms with E-state index in [0.717, 1.165) is 0 Å². The number of hydrogen-bond acceptors (Lipinski definition) is 5. The highest BCUT2D eigenvalue weighted by Crippen LogP contribution is 2.37. The van der Waals surface area contributed by atoms with Gasteiger partial charge in [-0.3, -0.25) is 0 Å². The highest BCUT2D eigenvalue weighted by molar-refractivity contribution is 5.97. The lowest BCUT2D eigenvalue weighted by Crippen LogP contribution is -2.03. The Bertz CT molecular complexity index is 660. The van der Waals surface area contributed by atoms with Crippen LogP contribution in [0, 0.1) is 0 Å². The molecule has 6 nitrogen and oxygen atoms in total. The standard InChI is InChI=1S/C15H17NO5/c1-8(2)14-12(15(17)18)13(16-21-14)10-7-9(19-3)5-6-11(10)20-4/h5-8H,1-4H3,(H,17,18). The number of rotatable bonds is 5. The Labute approximate surface area is 122 Å². The van der Waals surface area contributed by atoms with Gasteiger partial charge in [0.25, 0.3) is 0 Å². The molecule has 6 heteroatoms. The fourth-order valence-electron chi connectivity index (χ4n) is 2.09. The van der Waals surface area contributed by atoms with Crippen LogP contribution in [-0.4, -0.2) is 30.5 Å². The van der Waals surface area contributed by atoms with Crippen LogP contribution in [0.5, 0.6) is 11.5 Å². The van der Waals surface area contributed by atoms with E-state index in [1.54, 1.807) is 18.2 Å². The second kappa shape index (κ2) is 5.87. The van der Waals surface area contributed by atoms with Gasteiger partial charge in [0.05, 0.1) is 19.8 Å². The van der Waals surface area contributed by atoms with E-state index in [-0.39, 0.29) is 17.2 Å². The third kappa shape index (κ3) is 2.69. The minimum atomic E-state index is -1.08. The van der Waals surface area contributed by atoms with Gasteiger partial charge in [0.15, 0.2) is 5.76 Å². The molecule has 112 valence electrons. The van der Waals surface area contributed by atoms with Crippen LogP contribution in [0.3, 0.4) is 0 Å². The summed E-state index contributed by atoms with van der Waals surface area (Å²) in [6.45, 7) is 3.69. The Morgan fingerprint density at radius 1 is 1.29 bits per heavy atom. The Kier molecular flexibility index (Phi) is 4.16. The first kappa shape index (κ1) is 14.9. The highest BCUT2D eigenvalue weighted by atomic mass is 16.5. The van der Waals surface area contributed by atoms with Gasteiger partial charge in [0, 0.05) is 5.92 Å². The summed E-state index contributed by atoms with van der Waals surface area (Å²) in [5, 5.41) is 13.4. The van der Waals surface area contributed by atoms with E-state index in [4.69, 9.17) is 14.0 Å². The quantitative estimate of drug-likeness (QED) is 0.911. The van der Waals surface area contributed by atoms with Crippen LogP contribution in [0.25, 0.3) is 11.3 Å². The van der Waals surface area contributed by atoms with Crippen molar-refractivity contribution in [2.75, 3.05) is 14.2 Å². The summed E-state index contributed by atoms with van der Waals surface area (Å²) >= 11 is 0. The lowest BCUT2D eigenvalue weighted by atomic mass is 10.0. The normalized spacial score (nSPS) is 10.7. The number of carbonyl (C=O) groups is 1. The van der Waals surface area contributed by atoms with Crippen LogP contribution >= 0.6 is 0 Å². The Morgan fingerprint density at radius 3 is 2.52 bits per heavy atom. The van der Waals surface area contributed by atoms with Gasteiger partial charge in [-0.15, -0.1) is 0 Å². The molecule has 1 N–H and O–H groups in total. The number of benzene rings is 1. The number of aromatic carboxylic acids is 1. The van der Waals surface area contributed by atoms with Crippen molar-refractivity contribution in [3.05, 3.63) is 29.5 Å². The number of ether oxygens (including phenoxy) is 2. The summed E-state index contributed by atoms with van der Waals surface area (Å²) in [6, 6.07) is 5.10. The van der Waals surface area contributed by atoms with Gasteiger partial charge in [-0.1, -0.05) is 19.0 Å². The van der Waals surface area contributed by atoms with E-state index in [2.05, 4.69) is 5.16 Å². The summed E-state index contributed by atoms with van der Waals surface area (Å²) in [5.74, 6) is 0.245. The lowest BCUT2D eigenvalue weighted by Gasteiger charge is -2.09. The summed E-state index contributed by atoms with van der Waals surface area (Å²) in [5.41, 5.74) is 0.809. The Balaban J connectivity index is 2.69. The van der Waals surface area contributed by atoms with Crippen molar-refractivity contribution >= 4 is 5.97 Å². The van der Waals surface area contributed by atoms with Gasteiger partial charge in [0.1, 0.15) is 22.8 Å². The van der Waals surface area contributed by atoms with E-state index < -0.39 is 5.97 Å². The van der Waals surface area contributed by atoms with Crippen molar-refractivity contribution in [2.24, 2.45) is 0 Å². The molecule has 0 spiro atoms. The molecule has 0 bridgehead atoms. The number of carboxylic acids is 1. The monoisotopic (exact) mass is 291 g/mol. The van der Waals surface area contributed by atoms with Crippen LogP contribution < -0.4 is 9.47 Å². The summed E-state index contributed by atoms with van der Waals surface area (Å²) < 4.78 is 15.7. The first-order valence-corrected chi connectivity index (χ1v) is 6.44. The number of nitrogens with zero attached hydrogens (tertiary/aromatic N) is 1. The SMILES string of the molecule is COc1ccc(OC)c(-c2noc(C(C)C)c2C(=O)O)c1. The number of hydrogen-bond donors (Lipinski definition) is 1. The molecule has 2 rings (SSSR count). The van der Waals surface area contributed by atoms with E-state index >= 15 is 0 Å². The minimum Gasteiger partial charge on any atom is -0.497 e. The third-order valence-corrected chi connectivity index (χ3v) is 3.12. The molecule has 0 unspecified atom stereocenters. The van der Waals surface area contributed by atoms with Gasteiger partial charge < -0.3 is 19.1 Å². The zero-order valence-corrected chi connectivity index (χ0v) is 12.3. The fourth-order valence-corrected chi connectivity index (χ4v) is 2.09. The van der Waals surface area contributed by atoms with Crippen molar-refractivity contribution in [3.8, 4) is 22.8 Å². The van der Waals surface area contributed by atoms with Crippen LogP contribution in [0.1, 0.15) is 35.9 Å². The Hall–Kier alpha value is -2.50. The second-order valence-corrected chi connectivity index (χ2v) is 4.80. The predicted molar refractivity (Wildman–Crippen MR) is 76.1 cm³/mol. The molecule has 2 aromatic rings. The van der Waals surface area contributed by atoms with Crippen molar-refractivity contribution in [1.29, 1.82) is 0 Å². The van der Waals surface area contributed by atoms with Gasteiger partial charge in [-0.25, -0.2) is 4.79 Å². The number of carboxylic acid groups (broad SMARTS) is 1. The zero-order valence-electron chi connectivity index (χ0n) is 12.3. The summed E-state index contributed by atoms with van der Waals surface area (Å²) in [4.78, 5) is 11.6. The van der Waals surface area contributed by atoms with Gasteiger partial charge in [-0.2, -0.15) is 0 Å². The molecule has 1 aromatic heterocycles. The average Bonchev–Trinajstić information content (AvgIpc) is 2.91. The van der Waals surface area contributed by atoms with E-state index in [1.165, 1.54) is 14.2 Å². The molecule has 0 amide bonds. The second-order valence-electron chi connectivity index (χ2n) is 4.80. The summed E-state index contributed by atoms with van der Waals surface area (Å²) in [6.07, 6.45) is 0. The lowest BCUT2D eigenvalue weighted by molar-refractivity contribution is 0.0694. The van der Waals surface area contributed by atoms with Gasteiger partial charge in [0.2, 0.25) is 0 Å². The minimum absolute atomic E-state index is 0.0524. The van der Waals surface area contributed by atoms with Gasteiger partial charge in [-0.05, 0) is 18.2 Å². The van der Waals surface area contributed by atoms with Crippen molar-refractivity contribution in [1.82, 2.24) is 5.16 Å². The molecule has 0 aliphatic heterocycles. The molecule has 0 saturated heterocycles. The molecule has 0 aliphatic rings.